The van der Waals surface area contributed by atoms with Crippen molar-refractivity contribution in [3.63, 3.8) is 0 Å². The molecule has 1 aliphatic carbocycles. The number of aryl methyl sites for hydroxylation is 1. The maximum Gasteiger partial charge on any atom is 0.234 e. The molecule has 0 aromatic heterocycles. The third kappa shape index (κ3) is 5.69. The lowest BCUT2D eigenvalue weighted by atomic mass is 9.98. The van der Waals surface area contributed by atoms with Gasteiger partial charge in [-0.05, 0) is 78.4 Å². The molecule has 1 fully saturated rings. The van der Waals surface area contributed by atoms with Crippen LogP contribution in [0.5, 0.6) is 0 Å². The average Bonchev–Trinajstić information content (AvgIpc) is 3.69. The SMILES string of the molecule is COC[C@H](C(=O)Nc1ccc(-c2ccc(S(=O)(=O)C3CC3)cc2)c(C)c1)c1ccc(S(C)(=O)=O)cc1. The van der Waals surface area contributed by atoms with Gasteiger partial charge in [0.25, 0.3) is 0 Å². The van der Waals surface area contributed by atoms with Gasteiger partial charge in [0.1, 0.15) is 0 Å². The second-order valence-corrected chi connectivity index (χ2v) is 13.4. The Morgan fingerprint density at radius 2 is 1.56 bits per heavy atom. The lowest BCUT2D eigenvalue weighted by molar-refractivity contribution is -0.118. The quantitative estimate of drug-likeness (QED) is 0.443. The number of carbonyl (C=O) groups excluding carboxylic acids is 1. The molecule has 1 N–H and O–H groups in total. The van der Waals surface area contributed by atoms with Crippen LogP contribution in [-0.2, 0) is 29.2 Å². The van der Waals surface area contributed by atoms with Crippen LogP contribution in [-0.4, -0.2) is 48.0 Å². The van der Waals surface area contributed by atoms with Gasteiger partial charge in [-0.15, -0.1) is 0 Å². The van der Waals surface area contributed by atoms with E-state index >= 15 is 0 Å². The Balaban J connectivity index is 1.51. The van der Waals surface area contributed by atoms with Crippen LogP contribution in [0.25, 0.3) is 11.1 Å². The van der Waals surface area contributed by atoms with Gasteiger partial charge in [-0.1, -0.05) is 30.3 Å². The van der Waals surface area contributed by atoms with E-state index in [1.54, 1.807) is 30.3 Å². The molecule has 1 saturated carbocycles. The number of ether oxygens (including phenoxy) is 1. The van der Waals surface area contributed by atoms with Crippen molar-refractivity contribution in [3.8, 4) is 11.1 Å². The molecule has 36 heavy (non-hydrogen) atoms. The van der Waals surface area contributed by atoms with Gasteiger partial charge in [-0.25, -0.2) is 16.8 Å². The van der Waals surface area contributed by atoms with Crippen molar-refractivity contribution in [1.29, 1.82) is 0 Å². The van der Waals surface area contributed by atoms with Crippen LogP contribution in [0.2, 0.25) is 0 Å². The highest BCUT2D eigenvalue weighted by Gasteiger charge is 2.36. The van der Waals surface area contributed by atoms with E-state index in [9.17, 15) is 21.6 Å². The first-order chi connectivity index (χ1) is 17.0. The first kappa shape index (κ1) is 26.1. The van der Waals surface area contributed by atoms with Crippen LogP contribution in [0.3, 0.4) is 0 Å². The van der Waals surface area contributed by atoms with Gasteiger partial charge in [0.2, 0.25) is 5.91 Å². The van der Waals surface area contributed by atoms with Gasteiger partial charge in [0.15, 0.2) is 19.7 Å². The van der Waals surface area contributed by atoms with Crippen molar-refractivity contribution in [1.82, 2.24) is 0 Å². The monoisotopic (exact) mass is 527 g/mol. The van der Waals surface area contributed by atoms with Crippen molar-refractivity contribution in [2.24, 2.45) is 0 Å². The molecule has 0 saturated heterocycles. The predicted molar refractivity (Wildman–Crippen MR) is 140 cm³/mol. The van der Waals surface area contributed by atoms with E-state index in [2.05, 4.69) is 5.32 Å². The molecule has 1 atom stereocenters. The topological polar surface area (TPSA) is 107 Å². The largest absolute Gasteiger partial charge is 0.384 e. The van der Waals surface area contributed by atoms with Crippen molar-refractivity contribution in [2.45, 2.75) is 40.7 Å². The summed E-state index contributed by atoms with van der Waals surface area (Å²) in [6.45, 7) is 2.06. The van der Waals surface area contributed by atoms with Crippen LogP contribution >= 0.6 is 0 Å². The van der Waals surface area contributed by atoms with Crippen molar-refractivity contribution < 1.29 is 26.4 Å². The zero-order valence-corrected chi connectivity index (χ0v) is 22.0. The molecule has 4 rings (SSSR count). The Morgan fingerprint density at radius 1 is 0.944 bits per heavy atom. The molecule has 1 aliphatic rings. The van der Waals surface area contributed by atoms with E-state index < -0.39 is 25.6 Å². The van der Waals surface area contributed by atoms with Crippen LogP contribution < -0.4 is 5.32 Å². The molecule has 0 bridgehead atoms. The summed E-state index contributed by atoms with van der Waals surface area (Å²) in [7, 11) is -5.05. The van der Waals surface area contributed by atoms with Crippen molar-refractivity contribution in [3.05, 3.63) is 77.9 Å². The lowest BCUT2D eigenvalue weighted by Gasteiger charge is -2.18. The molecule has 9 heteroatoms. The Morgan fingerprint density at radius 3 is 2.08 bits per heavy atom. The van der Waals surface area contributed by atoms with Gasteiger partial charge >= 0.3 is 0 Å². The number of amides is 1. The molecule has 3 aromatic carbocycles. The summed E-state index contributed by atoms with van der Waals surface area (Å²) in [5, 5.41) is 2.68. The predicted octanol–water partition coefficient (Wildman–Crippen LogP) is 4.37. The Bertz CT molecular complexity index is 1470. The Labute approximate surface area is 212 Å². The second-order valence-electron chi connectivity index (χ2n) is 9.14. The first-order valence-corrected chi connectivity index (χ1v) is 15.0. The molecule has 0 radical (unpaired) electrons. The fraction of sp³-hybridized carbons (Fsp3) is 0.296. The third-order valence-corrected chi connectivity index (χ3v) is 9.72. The van der Waals surface area contributed by atoms with Crippen molar-refractivity contribution >= 4 is 31.3 Å². The number of nitrogens with one attached hydrogen (secondary N) is 1. The molecular weight excluding hydrogens is 498 g/mol. The summed E-state index contributed by atoms with van der Waals surface area (Å²) in [6.07, 6.45) is 2.60. The number of benzene rings is 3. The summed E-state index contributed by atoms with van der Waals surface area (Å²) in [6, 6.07) is 18.7. The summed E-state index contributed by atoms with van der Waals surface area (Å²) < 4.78 is 53.6. The van der Waals surface area contributed by atoms with Gasteiger partial charge in [0.05, 0.1) is 27.6 Å². The fourth-order valence-electron chi connectivity index (χ4n) is 4.13. The maximum absolute atomic E-state index is 13.1. The van der Waals surface area contributed by atoms with Crippen molar-refractivity contribution in [2.75, 3.05) is 25.3 Å². The molecule has 0 heterocycles. The minimum Gasteiger partial charge on any atom is -0.384 e. The summed E-state index contributed by atoms with van der Waals surface area (Å²) in [5.41, 5.74) is 4.02. The van der Waals surface area contributed by atoms with Gasteiger partial charge in [-0.3, -0.25) is 4.79 Å². The van der Waals surface area contributed by atoms with Crippen LogP contribution in [0.1, 0.15) is 29.9 Å². The lowest BCUT2D eigenvalue weighted by Crippen LogP contribution is -2.24. The van der Waals surface area contributed by atoms with E-state index in [0.717, 1.165) is 35.8 Å². The van der Waals surface area contributed by atoms with E-state index in [4.69, 9.17) is 4.74 Å². The second kappa shape index (κ2) is 10.2. The molecule has 0 spiro atoms. The van der Waals surface area contributed by atoms with Gasteiger partial charge in [0, 0.05) is 19.1 Å². The number of rotatable bonds is 9. The van der Waals surface area contributed by atoms with E-state index in [1.807, 2.05) is 31.2 Å². The zero-order chi connectivity index (χ0) is 26.1. The molecule has 0 aliphatic heterocycles. The standard InChI is InChI=1S/C27H29NO6S2/c1-18-16-21(8-15-25(18)19-6-11-23(12-7-19)36(32,33)24-13-14-24)28-27(29)26(17-34-2)20-4-9-22(10-5-20)35(3,30)31/h4-12,15-16,24,26H,13-14,17H2,1-3H3,(H,28,29)/t26-/m0/s1. The minimum atomic E-state index is -3.33. The molecule has 0 unspecified atom stereocenters. The number of sulfone groups is 2. The molecule has 3 aromatic rings. The highest BCUT2D eigenvalue weighted by atomic mass is 32.2. The Hall–Kier alpha value is -3.01. The third-order valence-electron chi connectivity index (χ3n) is 6.31. The van der Waals surface area contributed by atoms with E-state index in [1.165, 1.54) is 19.2 Å². The number of hydrogen-bond donors (Lipinski definition) is 1. The summed E-state index contributed by atoms with van der Waals surface area (Å²) >= 11 is 0. The van der Waals surface area contributed by atoms with Crippen LogP contribution in [0, 0.1) is 6.92 Å². The Kier molecular flexibility index (Phi) is 7.36. The van der Waals surface area contributed by atoms with Gasteiger partial charge in [-0.2, -0.15) is 0 Å². The van der Waals surface area contributed by atoms with Crippen LogP contribution in [0.4, 0.5) is 5.69 Å². The van der Waals surface area contributed by atoms with Crippen LogP contribution in [0.15, 0.2) is 76.5 Å². The number of anilines is 1. The van der Waals surface area contributed by atoms with Gasteiger partial charge < -0.3 is 10.1 Å². The maximum atomic E-state index is 13.1. The molecule has 7 nitrogen and oxygen atoms in total. The zero-order valence-electron chi connectivity index (χ0n) is 20.4. The molecule has 1 amide bonds. The normalized spacial score (nSPS) is 14.9. The minimum absolute atomic E-state index is 0.136. The number of hydrogen-bond acceptors (Lipinski definition) is 6. The summed E-state index contributed by atoms with van der Waals surface area (Å²) in [4.78, 5) is 13.6. The first-order valence-electron chi connectivity index (χ1n) is 11.6. The molecule has 190 valence electrons. The number of methoxy groups -OCH3 is 1. The highest BCUT2D eigenvalue weighted by molar-refractivity contribution is 7.92. The van der Waals surface area contributed by atoms with E-state index in [0.29, 0.717) is 16.1 Å². The highest BCUT2D eigenvalue weighted by Crippen LogP contribution is 2.35. The fourth-order valence-corrected chi connectivity index (χ4v) is 6.41. The van der Waals surface area contributed by atoms with E-state index in [-0.39, 0.29) is 22.7 Å². The number of carbonyl (C=O) groups is 1. The smallest absolute Gasteiger partial charge is 0.234 e. The average molecular weight is 528 g/mol. The summed E-state index contributed by atoms with van der Waals surface area (Å²) in [5.74, 6) is -0.893. The molecular formula is C27H29NO6S2.